The van der Waals surface area contributed by atoms with Gasteiger partial charge in [-0.05, 0) is 19.8 Å². The van der Waals surface area contributed by atoms with Crippen LogP contribution >= 0.6 is 0 Å². The number of carbonyl (C=O) groups excluding carboxylic acids is 1. The van der Waals surface area contributed by atoms with Crippen molar-refractivity contribution in [2.24, 2.45) is 0 Å². The number of ether oxygens (including phenoxy) is 1. The van der Waals surface area contributed by atoms with Crippen molar-refractivity contribution in [3.63, 3.8) is 0 Å². The maximum Gasteiger partial charge on any atom is 0.335 e. The Kier molecular flexibility index (Phi) is 6.29. The summed E-state index contributed by atoms with van der Waals surface area (Å²) in [5.74, 6) is -0.682. The summed E-state index contributed by atoms with van der Waals surface area (Å²) in [7, 11) is 0. The van der Waals surface area contributed by atoms with Crippen LogP contribution in [-0.4, -0.2) is 28.1 Å². The lowest BCUT2D eigenvalue weighted by Crippen LogP contribution is -2.45. The van der Waals surface area contributed by atoms with Gasteiger partial charge in [0.2, 0.25) is 6.29 Å². The zero-order chi connectivity index (χ0) is 12.8. The van der Waals surface area contributed by atoms with E-state index < -0.39 is 17.9 Å². The molecular weight excluding hydrogens is 208 g/mol. The van der Waals surface area contributed by atoms with Crippen molar-refractivity contribution in [2.45, 2.75) is 58.3 Å². The van der Waals surface area contributed by atoms with Crippen molar-refractivity contribution in [2.75, 3.05) is 0 Å². The molecule has 0 aliphatic heterocycles. The number of rotatable bonds is 7. The Bertz CT molecular complexity index is 241. The molecule has 16 heavy (non-hydrogen) atoms. The molecule has 0 heterocycles. The minimum absolute atomic E-state index is 0.203. The molecule has 0 radical (unpaired) electrons. The first-order valence-electron chi connectivity index (χ1n) is 5.64. The first-order valence-corrected chi connectivity index (χ1v) is 5.64. The molecule has 0 saturated heterocycles. The van der Waals surface area contributed by atoms with Crippen LogP contribution in [0.5, 0.6) is 0 Å². The number of aliphatic hydroxyl groups is 2. The van der Waals surface area contributed by atoms with Gasteiger partial charge in [0, 0.05) is 5.57 Å². The molecule has 0 aliphatic carbocycles. The van der Waals surface area contributed by atoms with E-state index in [2.05, 4.69) is 6.58 Å². The van der Waals surface area contributed by atoms with Crippen LogP contribution < -0.4 is 0 Å². The fraction of sp³-hybridized carbons (Fsp3) is 0.750. The van der Waals surface area contributed by atoms with E-state index in [0.717, 1.165) is 0 Å². The van der Waals surface area contributed by atoms with Crippen molar-refractivity contribution in [3.8, 4) is 0 Å². The van der Waals surface area contributed by atoms with Crippen LogP contribution in [0.3, 0.4) is 0 Å². The highest BCUT2D eigenvalue weighted by atomic mass is 16.6. The molecule has 4 heteroatoms. The van der Waals surface area contributed by atoms with Gasteiger partial charge in [-0.2, -0.15) is 0 Å². The minimum Gasteiger partial charge on any atom is -0.429 e. The van der Waals surface area contributed by atoms with Gasteiger partial charge in [0.25, 0.3) is 0 Å². The smallest absolute Gasteiger partial charge is 0.335 e. The molecule has 0 spiro atoms. The average Bonchev–Trinajstić information content (AvgIpc) is 2.18. The third-order valence-corrected chi connectivity index (χ3v) is 2.39. The molecule has 0 bridgehead atoms. The van der Waals surface area contributed by atoms with Gasteiger partial charge in [0.05, 0.1) is 0 Å². The van der Waals surface area contributed by atoms with E-state index in [1.807, 2.05) is 13.8 Å². The van der Waals surface area contributed by atoms with Crippen LogP contribution in [0, 0.1) is 0 Å². The number of esters is 1. The highest BCUT2D eigenvalue weighted by molar-refractivity contribution is 5.87. The van der Waals surface area contributed by atoms with E-state index in [-0.39, 0.29) is 5.57 Å². The minimum atomic E-state index is -1.49. The summed E-state index contributed by atoms with van der Waals surface area (Å²) >= 11 is 0. The summed E-state index contributed by atoms with van der Waals surface area (Å²) in [5.41, 5.74) is -1.15. The Hall–Kier alpha value is -0.870. The molecule has 0 amide bonds. The van der Waals surface area contributed by atoms with Gasteiger partial charge in [0.1, 0.15) is 5.60 Å². The first-order chi connectivity index (χ1) is 7.37. The van der Waals surface area contributed by atoms with Crippen molar-refractivity contribution in [1.29, 1.82) is 0 Å². The van der Waals surface area contributed by atoms with Crippen LogP contribution in [0.25, 0.3) is 0 Å². The predicted molar refractivity (Wildman–Crippen MR) is 61.7 cm³/mol. The average molecular weight is 230 g/mol. The summed E-state index contributed by atoms with van der Waals surface area (Å²) in [4.78, 5) is 11.2. The molecule has 4 nitrogen and oxygen atoms in total. The van der Waals surface area contributed by atoms with Gasteiger partial charge in [-0.1, -0.05) is 33.3 Å². The summed E-state index contributed by atoms with van der Waals surface area (Å²) < 4.78 is 4.75. The SMILES string of the molecule is C=C(C)C(=O)OC(O)C(O)(CCC)CCC. The molecule has 94 valence electrons. The molecule has 2 N–H and O–H groups in total. The Morgan fingerprint density at radius 1 is 1.38 bits per heavy atom. The number of aliphatic hydroxyl groups excluding tert-OH is 1. The standard InChI is InChI=1S/C12H22O4/c1-5-7-12(15,8-6-2)11(14)16-10(13)9(3)4/h11,14-15H,3,5-8H2,1-2,4H3. The van der Waals surface area contributed by atoms with Gasteiger partial charge < -0.3 is 14.9 Å². The van der Waals surface area contributed by atoms with Crippen LogP contribution in [-0.2, 0) is 9.53 Å². The van der Waals surface area contributed by atoms with E-state index >= 15 is 0 Å². The van der Waals surface area contributed by atoms with E-state index in [0.29, 0.717) is 25.7 Å². The zero-order valence-corrected chi connectivity index (χ0v) is 10.3. The van der Waals surface area contributed by atoms with Gasteiger partial charge in [-0.3, -0.25) is 0 Å². The molecule has 0 rings (SSSR count). The molecule has 1 unspecified atom stereocenters. The van der Waals surface area contributed by atoms with Crippen LogP contribution in [0.1, 0.15) is 46.5 Å². The molecule has 0 aliphatic rings. The molecular formula is C12H22O4. The van der Waals surface area contributed by atoms with Crippen LogP contribution in [0.2, 0.25) is 0 Å². The van der Waals surface area contributed by atoms with E-state index in [4.69, 9.17) is 4.74 Å². The lowest BCUT2D eigenvalue weighted by molar-refractivity contribution is -0.216. The van der Waals surface area contributed by atoms with Crippen molar-refractivity contribution < 1.29 is 19.7 Å². The molecule has 1 atom stereocenters. The number of carbonyl (C=O) groups is 1. The maximum atomic E-state index is 11.2. The topological polar surface area (TPSA) is 66.8 Å². The Labute approximate surface area is 96.9 Å². The highest BCUT2D eigenvalue weighted by Crippen LogP contribution is 2.25. The summed E-state index contributed by atoms with van der Waals surface area (Å²) in [6, 6.07) is 0. The second-order valence-corrected chi connectivity index (χ2v) is 4.14. The lowest BCUT2D eigenvalue weighted by atomic mass is 9.92. The Morgan fingerprint density at radius 2 is 1.81 bits per heavy atom. The quantitative estimate of drug-likeness (QED) is 0.397. The fourth-order valence-corrected chi connectivity index (χ4v) is 1.55. The number of hydrogen-bond donors (Lipinski definition) is 2. The van der Waals surface area contributed by atoms with Gasteiger partial charge in [0.15, 0.2) is 0 Å². The summed E-state index contributed by atoms with van der Waals surface area (Å²) in [5, 5.41) is 19.9. The molecule has 0 aromatic carbocycles. The van der Waals surface area contributed by atoms with E-state index in [1.54, 1.807) is 0 Å². The molecule has 0 fully saturated rings. The predicted octanol–water partition coefficient (Wildman–Crippen LogP) is 1.76. The third-order valence-electron chi connectivity index (χ3n) is 2.39. The summed E-state index contributed by atoms with van der Waals surface area (Å²) in [6.07, 6.45) is 0.712. The molecule has 0 aromatic rings. The Morgan fingerprint density at radius 3 is 2.12 bits per heavy atom. The maximum absolute atomic E-state index is 11.2. The summed E-state index contributed by atoms with van der Waals surface area (Å²) in [6.45, 7) is 8.70. The van der Waals surface area contributed by atoms with Crippen LogP contribution in [0.15, 0.2) is 12.2 Å². The molecule has 0 aromatic heterocycles. The monoisotopic (exact) mass is 230 g/mol. The van der Waals surface area contributed by atoms with Crippen LogP contribution in [0.4, 0.5) is 0 Å². The van der Waals surface area contributed by atoms with E-state index in [9.17, 15) is 15.0 Å². The third kappa shape index (κ3) is 4.33. The second kappa shape index (κ2) is 6.66. The second-order valence-electron chi connectivity index (χ2n) is 4.14. The van der Waals surface area contributed by atoms with Crippen molar-refractivity contribution >= 4 is 5.97 Å². The van der Waals surface area contributed by atoms with Gasteiger partial charge in [-0.15, -0.1) is 0 Å². The lowest BCUT2D eigenvalue weighted by Gasteiger charge is -2.31. The largest absolute Gasteiger partial charge is 0.429 e. The van der Waals surface area contributed by atoms with Gasteiger partial charge in [-0.25, -0.2) is 4.79 Å². The molecule has 0 saturated carbocycles. The van der Waals surface area contributed by atoms with Crippen molar-refractivity contribution in [1.82, 2.24) is 0 Å². The van der Waals surface area contributed by atoms with Gasteiger partial charge >= 0.3 is 5.97 Å². The first kappa shape index (κ1) is 15.1. The highest BCUT2D eigenvalue weighted by Gasteiger charge is 2.36. The Balaban J connectivity index is 4.54. The number of hydrogen-bond acceptors (Lipinski definition) is 4. The van der Waals surface area contributed by atoms with Crippen molar-refractivity contribution in [3.05, 3.63) is 12.2 Å². The fourth-order valence-electron chi connectivity index (χ4n) is 1.55. The van der Waals surface area contributed by atoms with E-state index in [1.165, 1.54) is 6.92 Å². The normalized spacial score (nSPS) is 13.3. The zero-order valence-electron chi connectivity index (χ0n) is 10.3.